The summed E-state index contributed by atoms with van der Waals surface area (Å²) < 4.78 is 0. The van der Waals surface area contributed by atoms with Crippen LogP contribution in [0.4, 0.5) is 5.69 Å². The topological polar surface area (TPSA) is 49.4 Å². The molecule has 4 rings (SSSR count). The summed E-state index contributed by atoms with van der Waals surface area (Å²) in [6.07, 6.45) is 10.2. The number of benzene rings is 2. The van der Waals surface area contributed by atoms with Gasteiger partial charge in [0.25, 0.3) is 0 Å². The quantitative estimate of drug-likeness (QED) is 0.601. The van der Waals surface area contributed by atoms with E-state index in [4.69, 9.17) is 0 Å². The van der Waals surface area contributed by atoms with Crippen LogP contribution in [0.5, 0.6) is 0 Å². The lowest BCUT2D eigenvalue weighted by Gasteiger charge is -2.30. The minimum Gasteiger partial charge on any atom is -0.339 e. The molecule has 1 saturated heterocycles. The second-order valence-corrected chi connectivity index (χ2v) is 9.76. The first-order valence-corrected chi connectivity index (χ1v) is 12.1. The highest BCUT2D eigenvalue weighted by Gasteiger charge is 2.26. The molecule has 2 aromatic rings. The van der Waals surface area contributed by atoms with Gasteiger partial charge in [0, 0.05) is 40.9 Å². The van der Waals surface area contributed by atoms with Crippen molar-refractivity contribution in [3.05, 3.63) is 66.2 Å². The third-order valence-electron chi connectivity index (χ3n) is 6.12. The molecule has 0 radical (unpaired) electrons. The second-order valence-electron chi connectivity index (χ2n) is 8.38. The molecule has 162 valence electrons. The first kappa shape index (κ1) is 21.7. The fourth-order valence-corrected chi connectivity index (χ4v) is 5.51. The smallest absolute Gasteiger partial charge is 0.246 e. The number of amides is 2. The number of piperidine rings is 1. The van der Waals surface area contributed by atoms with Crippen LogP contribution in [0.2, 0.25) is 0 Å². The molecule has 1 aliphatic heterocycles. The molecule has 2 amide bonds. The highest BCUT2D eigenvalue weighted by molar-refractivity contribution is 8.00. The molecule has 5 heteroatoms. The lowest BCUT2D eigenvalue weighted by Crippen LogP contribution is -2.40. The maximum absolute atomic E-state index is 12.7. The Morgan fingerprint density at radius 1 is 0.903 bits per heavy atom. The Hall–Kier alpha value is -2.53. The van der Waals surface area contributed by atoms with Crippen LogP contribution in [-0.4, -0.2) is 35.1 Å². The van der Waals surface area contributed by atoms with Gasteiger partial charge in [-0.15, -0.1) is 11.8 Å². The molecule has 0 bridgehead atoms. The van der Waals surface area contributed by atoms with E-state index in [-0.39, 0.29) is 17.7 Å². The van der Waals surface area contributed by atoms with E-state index in [1.54, 1.807) is 6.08 Å². The van der Waals surface area contributed by atoms with Gasteiger partial charge >= 0.3 is 0 Å². The number of anilines is 1. The van der Waals surface area contributed by atoms with Crippen LogP contribution in [0.15, 0.2) is 65.6 Å². The van der Waals surface area contributed by atoms with Gasteiger partial charge in [-0.3, -0.25) is 9.59 Å². The molecule has 1 heterocycles. The average Bonchev–Trinajstić information content (AvgIpc) is 3.32. The Kier molecular flexibility index (Phi) is 7.47. The van der Waals surface area contributed by atoms with Crippen molar-refractivity contribution in [1.29, 1.82) is 0 Å². The largest absolute Gasteiger partial charge is 0.339 e. The molecule has 2 aliphatic rings. The van der Waals surface area contributed by atoms with E-state index in [9.17, 15) is 9.59 Å². The van der Waals surface area contributed by atoms with Gasteiger partial charge < -0.3 is 10.2 Å². The van der Waals surface area contributed by atoms with Crippen molar-refractivity contribution in [1.82, 2.24) is 4.90 Å². The molecule has 0 unspecified atom stereocenters. The van der Waals surface area contributed by atoms with Crippen LogP contribution < -0.4 is 5.32 Å². The number of carbonyl (C=O) groups excluding carboxylic acids is 2. The number of thioether (sulfide) groups is 1. The van der Waals surface area contributed by atoms with Gasteiger partial charge in [-0.2, -0.15) is 0 Å². The fraction of sp³-hybridized carbons (Fsp3) is 0.385. The molecule has 2 fully saturated rings. The maximum atomic E-state index is 12.7. The number of hydrogen-bond acceptors (Lipinski definition) is 3. The van der Waals surface area contributed by atoms with Gasteiger partial charge in [0.15, 0.2) is 0 Å². The number of likely N-dealkylation sites (tertiary alicyclic amines) is 1. The van der Waals surface area contributed by atoms with Crippen molar-refractivity contribution in [3.63, 3.8) is 0 Å². The van der Waals surface area contributed by atoms with Crippen LogP contribution in [0.3, 0.4) is 0 Å². The van der Waals surface area contributed by atoms with E-state index >= 15 is 0 Å². The van der Waals surface area contributed by atoms with Crippen molar-refractivity contribution in [2.45, 2.75) is 48.7 Å². The third kappa shape index (κ3) is 6.23. The molecule has 1 N–H and O–H groups in total. The van der Waals surface area contributed by atoms with E-state index in [0.717, 1.165) is 16.5 Å². The summed E-state index contributed by atoms with van der Waals surface area (Å²) in [4.78, 5) is 28.2. The van der Waals surface area contributed by atoms with Crippen LogP contribution in [0.1, 0.15) is 44.1 Å². The molecular weight excluding hydrogens is 404 g/mol. The van der Waals surface area contributed by atoms with Gasteiger partial charge in [0.2, 0.25) is 11.8 Å². The second kappa shape index (κ2) is 10.7. The highest BCUT2D eigenvalue weighted by atomic mass is 32.2. The zero-order valence-corrected chi connectivity index (χ0v) is 18.7. The van der Waals surface area contributed by atoms with Crippen LogP contribution in [-0.2, 0) is 9.59 Å². The van der Waals surface area contributed by atoms with Crippen molar-refractivity contribution in [2.75, 3.05) is 18.4 Å². The first-order valence-electron chi connectivity index (χ1n) is 11.3. The number of nitrogens with one attached hydrogen (secondary N) is 1. The molecule has 1 saturated carbocycles. The van der Waals surface area contributed by atoms with Gasteiger partial charge in [-0.25, -0.2) is 0 Å². The summed E-state index contributed by atoms with van der Waals surface area (Å²) in [6, 6.07) is 18.0. The molecule has 2 aromatic carbocycles. The van der Waals surface area contributed by atoms with E-state index in [1.165, 1.54) is 30.6 Å². The van der Waals surface area contributed by atoms with Gasteiger partial charge in [0.1, 0.15) is 0 Å². The summed E-state index contributed by atoms with van der Waals surface area (Å²) in [6.45, 7) is 1.24. The molecule has 4 nitrogen and oxygen atoms in total. The molecule has 0 atom stereocenters. The van der Waals surface area contributed by atoms with Gasteiger partial charge in [0.05, 0.1) is 0 Å². The van der Waals surface area contributed by atoms with Crippen molar-refractivity contribution >= 4 is 35.3 Å². The Labute approximate surface area is 189 Å². The average molecular weight is 435 g/mol. The number of hydrogen-bond donors (Lipinski definition) is 1. The first-order chi connectivity index (χ1) is 15.2. The molecule has 31 heavy (non-hydrogen) atoms. The fourth-order valence-electron chi connectivity index (χ4n) is 4.26. The maximum Gasteiger partial charge on any atom is 0.246 e. The Morgan fingerprint density at radius 2 is 1.58 bits per heavy atom. The third-order valence-corrected chi connectivity index (χ3v) is 7.47. The molecule has 0 aromatic heterocycles. The number of nitrogens with zero attached hydrogens (tertiary/aromatic N) is 1. The van der Waals surface area contributed by atoms with Gasteiger partial charge in [-0.1, -0.05) is 43.2 Å². The standard InChI is InChI=1S/C26H30N2O2S/c29-25(15-10-20-6-2-1-3-7-20)28-18-16-21(17-19-28)26(30)27-22-11-13-24(14-12-22)31-23-8-4-5-9-23/h1-3,6-7,10-15,21,23H,4-5,8-9,16-19H2,(H,27,30)/b15-10+. The van der Waals surface area contributed by atoms with E-state index < -0.39 is 0 Å². The number of rotatable bonds is 6. The molecular formula is C26H30N2O2S. The summed E-state index contributed by atoms with van der Waals surface area (Å²) in [5, 5.41) is 3.80. The zero-order chi connectivity index (χ0) is 21.5. The van der Waals surface area contributed by atoms with Crippen molar-refractivity contribution in [3.8, 4) is 0 Å². The highest BCUT2D eigenvalue weighted by Crippen LogP contribution is 2.35. The van der Waals surface area contributed by atoms with Crippen LogP contribution >= 0.6 is 11.8 Å². The van der Waals surface area contributed by atoms with Gasteiger partial charge in [-0.05, 0) is 61.6 Å². The van der Waals surface area contributed by atoms with Crippen LogP contribution in [0.25, 0.3) is 6.08 Å². The normalized spacial score (nSPS) is 17.9. The minimum atomic E-state index is -0.0466. The zero-order valence-electron chi connectivity index (χ0n) is 17.8. The Balaban J connectivity index is 1.22. The SMILES string of the molecule is O=C(Nc1ccc(SC2CCCC2)cc1)C1CCN(C(=O)/C=C/c2ccccc2)CC1. The minimum absolute atomic E-state index is 0.0121. The van der Waals surface area contributed by atoms with Crippen LogP contribution in [0, 0.1) is 5.92 Å². The van der Waals surface area contributed by atoms with E-state index in [2.05, 4.69) is 17.4 Å². The monoisotopic (exact) mass is 434 g/mol. The van der Waals surface area contributed by atoms with Crippen molar-refractivity contribution in [2.24, 2.45) is 5.92 Å². The Morgan fingerprint density at radius 3 is 2.26 bits per heavy atom. The lowest BCUT2D eigenvalue weighted by molar-refractivity contribution is -0.130. The van der Waals surface area contributed by atoms with Crippen molar-refractivity contribution < 1.29 is 9.59 Å². The molecule has 1 aliphatic carbocycles. The summed E-state index contributed by atoms with van der Waals surface area (Å²) in [5.41, 5.74) is 1.86. The lowest BCUT2D eigenvalue weighted by atomic mass is 9.95. The summed E-state index contributed by atoms with van der Waals surface area (Å²) in [7, 11) is 0. The summed E-state index contributed by atoms with van der Waals surface area (Å²) in [5.74, 6) is 0.0240. The van der Waals surface area contributed by atoms with E-state index in [1.807, 2.05) is 65.2 Å². The molecule has 0 spiro atoms. The van der Waals surface area contributed by atoms with E-state index in [0.29, 0.717) is 25.9 Å². The summed E-state index contributed by atoms with van der Waals surface area (Å²) >= 11 is 1.96. The Bertz CT molecular complexity index is 897. The predicted octanol–water partition coefficient (Wildman–Crippen LogP) is 5.61. The number of carbonyl (C=O) groups is 2. The predicted molar refractivity (Wildman–Crippen MR) is 128 cm³/mol.